The molecule has 1 aromatic carbocycles. The van der Waals surface area contributed by atoms with Crippen molar-refractivity contribution in [3.05, 3.63) is 12.1 Å². The summed E-state index contributed by atoms with van der Waals surface area (Å²) < 4.78 is 12.1. The Balaban J connectivity index is 1.50. The number of anilines is 1. The standard InChI is InChI=1S/C16H18N2O3S/c19-15(7-10-3-1-2-4-10)18-16-17-11-8-12-13(9-14(11)22-16)21-6-5-20-12/h8-10H,1-7H2,(H,17,18,19). The summed E-state index contributed by atoms with van der Waals surface area (Å²) in [6, 6.07) is 3.82. The predicted octanol–water partition coefficient (Wildman–Crippen LogP) is 3.59. The Hall–Kier alpha value is -1.82. The molecule has 0 radical (unpaired) electrons. The summed E-state index contributed by atoms with van der Waals surface area (Å²) in [5, 5.41) is 3.59. The second kappa shape index (κ2) is 5.76. The highest BCUT2D eigenvalue weighted by Crippen LogP contribution is 2.38. The molecule has 1 aliphatic carbocycles. The maximum atomic E-state index is 12.1. The van der Waals surface area contributed by atoms with E-state index in [1.807, 2.05) is 12.1 Å². The zero-order valence-corrected chi connectivity index (χ0v) is 13.1. The molecule has 2 heterocycles. The van der Waals surface area contributed by atoms with Crippen molar-refractivity contribution in [1.82, 2.24) is 4.98 Å². The van der Waals surface area contributed by atoms with Crippen molar-refractivity contribution in [2.24, 2.45) is 5.92 Å². The summed E-state index contributed by atoms with van der Waals surface area (Å²) in [4.78, 5) is 16.6. The molecule has 5 nitrogen and oxygen atoms in total. The number of carbonyl (C=O) groups excluding carboxylic acids is 1. The van der Waals surface area contributed by atoms with E-state index in [-0.39, 0.29) is 5.91 Å². The molecule has 1 aromatic heterocycles. The van der Waals surface area contributed by atoms with Crippen LogP contribution in [0.5, 0.6) is 11.5 Å². The van der Waals surface area contributed by atoms with Crippen molar-refractivity contribution in [1.29, 1.82) is 0 Å². The summed E-state index contributed by atoms with van der Waals surface area (Å²) in [6.07, 6.45) is 5.47. The minimum absolute atomic E-state index is 0.0724. The van der Waals surface area contributed by atoms with E-state index in [0.717, 1.165) is 21.7 Å². The largest absolute Gasteiger partial charge is 0.486 e. The summed E-state index contributed by atoms with van der Waals surface area (Å²) in [5.41, 5.74) is 0.838. The van der Waals surface area contributed by atoms with Crippen molar-refractivity contribution in [2.45, 2.75) is 32.1 Å². The lowest BCUT2D eigenvalue weighted by atomic mass is 10.0. The summed E-state index contributed by atoms with van der Waals surface area (Å²) in [5.74, 6) is 2.10. The Kier molecular flexibility index (Phi) is 3.62. The van der Waals surface area contributed by atoms with Crippen LogP contribution >= 0.6 is 11.3 Å². The van der Waals surface area contributed by atoms with E-state index in [2.05, 4.69) is 10.3 Å². The van der Waals surface area contributed by atoms with Gasteiger partial charge in [-0.3, -0.25) is 4.79 Å². The predicted molar refractivity (Wildman–Crippen MR) is 85.8 cm³/mol. The summed E-state index contributed by atoms with van der Waals surface area (Å²) in [6.45, 7) is 1.13. The van der Waals surface area contributed by atoms with Crippen LogP contribution in [0.15, 0.2) is 12.1 Å². The van der Waals surface area contributed by atoms with Crippen molar-refractivity contribution >= 4 is 32.6 Å². The highest BCUT2D eigenvalue weighted by Gasteiger charge is 2.20. The number of amides is 1. The lowest BCUT2D eigenvalue weighted by Crippen LogP contribution is -2.15. The van der Waals surface area contributed by atoms with Gasteiger partial charge in [0.05, 0.1) is 10.2 Å². The number of rotatable bonds is 3. The van der Waals surface area contributed by atoms with Crippen LogP contribution in [0, 0.1) is 5.92 Å². The van der Waals surface area contributed by atoms with Crippen LogP contribution in [0.1, 0.15) is 32.1 Å². The quantitative estimate of drug-likeness (QED) is 0.939. The average molecular weight is 318 g/mol. The van der Waals surface area contributed by atoms with E-state index in [4.69, 9.17) is 9.47 Å². The Morgan fingerprint density at radius 2 is 1.95 bits per heavy atom. The van der Waals surface area contributed by atoms with Crippen molar-refractivity contribution in [3.8, 4) is 11.5 Å². The van der Waals surface area contributed by atoms with Crippen LogP contribution in [0.4, 0.5) is 5.13 Å². The minimum Gasteiger partial charge on any atom is -0.486 e. The number of nitrogens with one attached hydrogen (secondary N) is 1. The number of fused-ring (bicyclic) bond motifs is 2. The van der Waals surface area contributed by atoms with Crippen LogP contribution in [-0.4, -0.2) is 24.1 Å². The van der Waals surface area contributed by atoms with Gasteiger partial charge < -0.3 is 14.8 Å². The number of thiazole rings is 1. The normalized spacial score (nSPS) is 17.8. The number of benzene rings is 1. The van der Waals surface area contributed by atoms with E-state index in [0.29, 0.717) is 30.7 Å². The average Bonchev–Trinajstić information content (AvgIpc) is 3.13. The number of carbonyl (C=O) groups is 1. The van der Waals surface area contributed by atoms with E-state index in [1.54, 1.807) is 0 Å². The second-order valence-electron chi connectivity index (χ2n) is 5.89. The lowest BCUT2D eigenvalue weighted by molar-refractivity contribution is -0.117. The highest BCUT2D eigenvalue weighted by atomic mass is 32.1. The Bertz CT molecular complexity index is 664. The number of nitrogens with zero attached hydrogens (tertiary/aromatic N) is 1. The van der Waals surface area contributed by atoms with Gasteiger partial charge in [-0.15, -0.1) is 0 Å². The third kappa shape index (κ3) is 2.75. The van der Waals surface area contributed by atoms with Crippen LogP contribution in [0.2, 0.25) is 0 Å². The van der Waals surface area contributed by atoms with Gasteiger partial charge in [-0.25, -0.2) is 4.98 Å². The third-order valence-corrected chi connectivity index (χ3v) is 5.18. The van der Waals surface area contributed by atoms with Gasteiger partial charge in [0.2, 0.25) is 5.91 Å². The van der Waals surface area contributed by atoms with Crippen LogP contribution < -0.4 is 14.8 Å². The fourth-order valence-corrected chi connectivity index (χ4v) is 4.06. The molecule has 0 saturated heterocycles. The van der Waals surface area contributed by atoms with Gasteiger partial charge in [-0.05, 0) is 18.8 Å². The molecule has 1 aliphatic heterocycles. The molecule has 1 N–H and O–H groups in total. The van der Waals surface area contributed by atoms with Gasteiger partial charge in [0.25, 0.3) is 0 Å². The molecule has 1 amide bonds. The topological polar surface area (TPSA) is 60.5 Å². The van der Waals surface area contributed by atoms with Crippen LogP contribution in [0.3, 0.4) is 0 Å². The zero-order chi connectivity index (χ0) is 14.9. The first-order valence-corrected chi connectivity index (χ1v) is 8.59. The fourth-order valence-electron chi connectivity index (χ4n) is 3.17. The molecule has 0 spiro atoms. The van der Waals surface area contributed by atoms with Crippen LogP contribution in [-0.2, 0) is 4.79 Å². The zero-order valence-electron chi connectivity index (χ0n) is 12.3. The van der Waals surface area contributed by atoms with E-state index < -0.39 is 0 Å². The van der Waals surface area contributed by atoms with E-state index >= 15 is 0 Å². The molecular formula is C16H18N2O3S. The van der Waals surface area contributed by atoms with Gasteiger partial charge in [-0.2, -0.15) is 0 Å². The number of hydrogen-bond donors (Lipinski definition) is 1. The molecule has 0 atom stereocenters. The molecule has 2 aromatic rings. The molecule has 1 fully saturated rings. The molecule has 116 valence electrons. The van der Waals surface area contributed by atoms with Crippen LogP contribution in [0.25, 0.3) is 10.2 Å². The van der Waals surface area contributed by atoms with Crippen molar-refractivity contribution in [3.63, 3.8) is 0 Å². The van der Waals surface area contributed by atoms with Gasteiger partial charge in [0.1, 0.15) is 13.2 Å². The van der Waals surface area contributed by atoms with Crippen molar-refractivity contribution in [2.75, 3.05) is 18.5 Å². The molecule has 0 bridgehead atoms. The molecule has 0 unspecified atom stereocenters. The second-order valence-corrected chi connectivity index (χ2v) is 6.92. The van der Waals surface area contributed by atoms with Gasteiger partial charge in [-0.1, -0.05) is 24.2 Å². The Morgan fingerprint density at radius 3 is 2.73 bits per heavy atom. The van der Waals surface area contributed by atoms with Crippen molar-refractivity contribution < 1.29 is 14.3 Å². The smallest absolute Gasteiger partial charge is 0.226 e. The molecule has 22 heavy (non-hydrogen) atoms. The number of ether oxygens (including phenoxy) is 2. The monoisotopic (exact) mass is 318 g/mol. The number of hydrogen-bond acceptors (Lipinski definition) is 5. The van der Waals surface area contributed by atoms with Gasteiger partial charge in [0.15, 0.2) is 16.6 Å². The SMILES string of the molecule is O=C(CC1CCCC1)Nc1nc2cc3c(cc2s1)OCCO3. The molecule has 2 aliphatic rings. The van der Waals surface area contributed by atoms with E-state index in [1.165, 1.54) is 37.0 Å². The highest BCUT2D eigenvalue weighted by molar-refractivity contribution is 7.22. The maximum Gasteiger partial charge on any atom is 0.226 e. The minimum atomic E-state index is 0.0724. The fraction of sp³-hybridized carbons (Fsp3) is 0.500. The third-order valence-electron chi connectivity index (χ3n) is 4.25. The van der Waals surface area contributed by atoms with Gasteiger partial charge >= 0.3 is 0 Å². The first kappa shape index (κ1) is 13.8. The summed E-state index contributed by atoms with van der Waals surface area (Å²) in [7, 11) is 0. The molecule has 6 heteroatoms. The number of aromatic nitrogens is 1. The van der Waals surface area contributed by atoms with E-state index in [9.17, 15) is 4.79 Å². The Morgan fingerprint density at radius 1 is 1.23 bits per heavy atom. The molecular weight excluding hydrogens is 300 g/mol. The summed E-state index contributed by atoms with van der Waals surface area (Å²) >= 11 is 1.48. The maximum absolute atomic E-state index is 12.1. The lowest BCUT2D eigenvalue weighted by Gasteiger charge is -2.17. The molecule has 4 rings (SSSR count). The first-order valence-electron chi connectivity index (χ1n) is 7.78. The Labute approximate surface area is 132 Å². The van der Waals surface area contributed by atoms with Gasteiger partial charge in [0, 0.05) is 18.6 Å². The first-order chi connectivity index (χ1) is 10.8. The molecule has 1 saturated carbocycles.